The molecule has 0 bridgehead atoms. The lowest BCUT2D eigenvalue weighted by Gasteiger charge is -2.14. The number of fused-ring (bicyclic) bond motifs is 2. The SMILES string of the molecule is CCCCc1nc2ccccc2c(=O)n1Cc1ccc(-n2c(C#N)cc3ccccc32)cc1. The number of aryl methyl sites for hydroxylation is 1. The third-order valence-electron chi connectivity index (χ3n) is 6.06. The number of para-hydroxylation sites is 2. The van der Waals surface area contributed by atoms with Crippen LogP contribution in [-0.2, 0) is 13.0 Å². The average Bonchev–Trinajstić information content (AvgIpc) is 3.24. The Bertz CT molecular complexity index is 1550. The van der Waals surface area contributed by atoms with E-state index in [1.165, 1.54) is 0 Å². The molecule has 0 amide bonds. The Labute approximate surface area is 192 Å². The summed E-state index contributed by atoms with van der Waals surface area (Å²) < 4.78 is 3.77. The summed E-state index contributed by atoms with van der Waals surface area (Å²) in [5, 5.41) is 11.3. The maximum atomic E-state index is 13.3. The fourth-order valence-electron chi connectivity index (χ4n) is 4.35. The molecule has 0 saturated heterocycles. The maximum Gasteiger partial charge on any atom is 0.261 e. The van der Waals surface area contributed by atoms with Crippen molar-refractivity contribution in [3.05, 3.63) is 106 Å². The van der Waals surface area contributed by atoms with E-state index < -0.39 is 0 Å². The molecular formula is C28H24N4O. The molecule has 5 heteroatoms. The van der Waals surface area contributed by atoms with Crippen LogP contribution in [0.5, 0.6) is 0 Å². The Hall–Kier alpha value is -4.17. The molecule has 0 atom stereocenters. The van der Waals surface area contributed by atoms with Gasteiger partial charge in [-0.15, -0.1) is 0 Å². The van der Waals surface area contributed by atoms with Crippen LogP contribution in [0.4, 0.5) is 0 Å². The van der Waals surface area contributed by atoms with Gasteiger partial charge in [0.2, 0.25) is 0 Å². The van der Waals surface area contributed by atoms with Gasteiger partial charge in [0.1, 0.15) is 17.6 Å². The van der Waals surface area contributed by atoms with E-state index in [1.807, 2.05) is 83.4 Å². The molecule has 33 heavy (non-hydrogen) atoms. The second-order valence-electron chi connectivity index (χ2n) is 8.24. The summed E-state index contributed by atoms with van der Waals surface area (Å²) in [6, 6.07) is 27.8. The summed E-state index contributed by atoms with van der Waals surface area (Å²) in [7, 11) is 0. The van der Waals surface area contributed by atoms with Crippen molar-refractivity contribution in [2.75, 3.05) is 0 Å². The maximum absolute atomic E-state index is 13.3. The topological polar surface area (TPSA) is 63.6 Å². The lowest BCUT2D eigenvalue weighted by molar-refractivity contribution is 0.646. The van der Waals surface area contributed by atoms with Crippen molar-refractivity contribution in [1.29, 1.82) is 5.26 Å². The Kier molecular flexibility index (Phi) is 5.50. The second kappa shape index (κ2) is 8.76. The van der Waals surface area contributed by atoms with Gasteiger partial charge in [-0.2, -0.15) is 5.26 Å². The molecule has 0 fully saturated rings. The molecule has 0 aliphatic carbocycles. The number of aromatic nitrogens is 3. The molecule has 0 unspecified atom stereocenters. The zero-order chi connectivity index (χ0) is 22.8. The first kappa shape index (κ1) is 20.7. The summed E-state index contributed by atoms with van der Waals surface area (Å²) in [6.07, 6.45) is 2.81. The Morgan fingerprint density at radius 1 is 0.970 bits per heavy atom. The Balaban J connectivity index is 1.54. The molecule has 2 heterocycles. The molecule has 0 radical (unpaired) electrons. The highest BCUT2D eigenvalue weighted by atomic mass is 16.1. The van der Waals surface area contributed by atoms with Gasteiger partial charge in [0, 0.05) is 17.5 Å². The minimum Gasteiger partial charge on any atom is -0.301 e. The summed E-state index contributed by atoms with van der Waals surface area (Å²) in [5.74, 6) is 0.827. The normalized spacial score (nSPS) is 11.2. The molecular weight excluding hydrogens is 408 g/mol. The van der Waals surface area contributed by atoms with Crippen molar-refractivity contribution in [2.45, 2.75) is 32.7 Å². The van der Waals surface area contributed by atoms with Crippen molar-refractivity contribution < 1.29 is 0 Å². The van der Waals surface area contributed by atoms with Crippen LogP contribution in [0, 0.1) is 11.3 Å². The quantitative estimate of drug-likeness (QED) is 0.351. The van der Waals surface area contributed by atoms with Crippen LogP contribution >= 0.6 is 0 Å². The zero-order valence-electron chi connectivity index (χ0n) is 18.5. The monoisotopic (exact) mass is 432 g/mol. The van der Waals surface area contributed by atoms with Crippen LogP contribution in [0.2, 0.25) is 0 Å². The minimum atomic E-state index is -0.000972. The number of hydrogen-bond acceptors (Lipinski definition) is 3. The average molecular weight is 433 g/mol. The number of unbranched alkanes of at least 4 members (excludes halogenated alkanes) is 1. The van der Waals surface area contributed by atoms with Gasteiger partial charge in [-0.3, -0.25) is 9.36 Å². The van der Waals surface area contributed by atoms with Gasteiger partial charge in [0.15, 0.2) is 0 Å². The molecule has 162 valence electrons. The highest BCUT2D eigenvalue weighted by Gasteiger charge is 2.13. The highest BCUT2D eigenvalue weighted by Crippen LogP contribution is 2.24. The van der Waals surface area contributed by atoms with Crippen molar-refractivity contribution in [2.24, 2.45) is 0 Å². The van der Waals surface area contributed by atoms with E-state index >= 15 is 0 Å². The van der Waals surface area contributed by atoms with Gasteiger partial charge < -0.3 is 4.57 Å². The first-order valence-electron chi connectivity index (χ1n) is 11.3. The predicted molar refractivity (Wildman–Crippen MR) is 132 cm³/mol. The van der Waals surface area contributed by atoms with Crippen LogP contribution in [0.25, 0.3) is 27.5 Å². The molecule has 2 aromatic heterocycles. The smallest absolute Gasteiger partial charge is 0.261 e. The van der Waals surface area contributed by atoms with E-state index in [-0.39, 0.29) is 5.56 Å². The molecule has 0 aliphatic heterocycles. The summed E-state index contributed by atoms with van der Waals surface area (Å²) >= 11 is 0. The van der Waals surface area contributed by atoms with Crippen LogP contribution in [0.15, 0.2) is 83.7 Å². The van der Waals surface area contributed by atoms with Gasteiger partial charge in [0.25, 0.3) is 5.56 Å². The van der Waals surface area contributed by atoms with Crippen LogP contribution in [0.1, 0.15) is 36.8 Å². The first-order valence-corrected chi connectivity index (χ1v) is 11.3. The van der Waals surface area contributed by atoms with E-state index in [9.17, 15) is 10.1 Å². The van der Waals surface area contributed by atoms with E-state index in [0.717, 1.165) is 52.8 Å². The van der Waals surface area contributed by atoms with Crippen molar-refractivity contribution >= 4 is 21.8 Å². The zero-order valence-corrected chi connectivity index (χ0v) is 18.5. The van der Waals surface area contributed by atoms with Crippen LogP contribution in [-0.4, -0.2) is 14.1 Å². The Morgan fingerprint density at radius 3 is 2.52 bits per heavy atom. The van der Waals surface area contributed by atoms with Crippen molar-refractivity contribution in [3.63, 3.8) is 0 Å². The lowest BCUT2D eigenvalue weighted by atomic mass is 10.1. The van der Waals surface area contributed by atoms with Gasteiger partial charge in [0.05, 0.1) is 23.0 Å². The van der Waals surface area contributed by atoms with Gasteiger partial charge in [-0.25, -0.2) is 4.98 Å². The first-order chi connectivity index (χ1) is 16.2. The molecule has 5 rings (SSSR count). The van der Waals surface area contributed by atoms with E-state index in [4.69, 9.17) is 4.98 Å². The van der Waals surface area contributed by atoms with Gasteiger partial charge >= 0.3 is 0 Å². The summed E-state index contributed by atoms with van der Waals surface area (Å²) in [6.45, 7) is 2.61. The second-order valence-corrected chi connectivity index (χ2v) is 8.24. The predicted octanol–water partition coefficient (Wildman–Crippen LogP) is 5.60. The fraction of sp³-hybridized carbons (Fsp3) is 0.179. The number of rotatable bonds is 6. The Morgan fingerprint density at radius 2 is 1.73 bits per heavy atom. The van der Waals surface area contributed by atoms with Crippen LogP contribution in [0.3, 0.4) is 0 Å². The third kappa shape index (κ3) is 3.81. The van der Waals surface area contributed by atoms with Gasteiger partial charge in [-0.05, 0) is 48.4 Å². The minimum absolute atomic E-state index is 0.000972. The molecule has 0 spiro atoms. The number of nitriles is 1. The van der Waals surface area contributed by atoms with Gasteiger partial charge in [-0.1, -0.05) is 55.8 Å². The summed E-state index contributed by atoms with van der Waals surface area (Å²) in [4.78, 5) is 18.1. The number of benzene rings is 3. The van der Waals surface area contributed by atoms with E-state index in [2.05, 4.69) is 13.0 Å². The van der Waals surface area contributed by atoms with Crippen LogP contribution < -0.4 is 5.56 Å². The summed E-state index contributed by atoms with van der Waals surface area (Å²) in [5.41, 5.74) is 4.29. The number of nitrogens with zero attached hydrogens (tertiary/aromatic N) is 4. The van der Waals surface area contributed by atoms with E-state index in [1.54, 1.807) is 4.57 Å². The molecule has 0 saturated carbocycles. The third-order valence-corrected chi connectivity index (χ3v) is 6.06. The molecule has 0 N–H and O–H groups in total. The highest BCUT2D eigenvalue weighted by molar-refractivity contribution is 5.84. The standard InChI is InChI=1S/C28H24N4O/c1-2-3-12-27-30-25-10-6-5-9-24(25)28(33)31(27)19-20-13-15-22(16-14-20)32-23(18-29)17-21-8-4-7-11-26(21)32/h4-11,13-17H,2-3,12,19H2,1H3. The molecule has 5 aromatic rings. The van der Waals surface area contributed by atoms with Crippen molar-refractivity contribution in [3.8, 4) is 11.8 Å². The molecule has 3 aromatic carbocycles. The molecule has 0 aliphatic rings. The number of hydrogen-bond donors (Lipinski definition) is 0. The molecule has 5 nitrogen and oxygen atoms in total. The fourth-order valence-corrected chi connectivity index (χ4v) is 4.35. The lowest BCUT2D eigenvalue weighted by Crippen LogP contribution is -2.26. The van der Waals surface area contributed by atoms with Crippen molar-refractivity contribution in [1.82, 2.24) is 14.1 Å². The largest absolute Gasteiger partial charge is 0.301 e. The van der Waals surface area contributed by atoms with E-state index in [0.29, 0.717) is 17.6 Å².